The maximum atomic E-state index is 13.2. The van der Waals surface area contributed by atoms with E-state index in [2.05, 4.69) is 6.20 Å². The monoisotopic (exact) mass is 395 g/mol. The van der Waals surface area contributed by atoms with Gasteiger partial charge in [0.25, 0.3) is 0 Å². The lowest BCUT2D eigenvalue weighted by molar-refractivity contribution is -0.138. The number of alkyl halides is 3. The first-order valence-electron chi connectivity index (χ1n) is 10.0. The molecule has 1 aliphatic carbocycles. The molecule has 2 fully saturated rings. The normalized spacial score (nSPS) is 19.7. The Hall–Kier alpha value is -1.89. The highest BCUT2D eigenvalue weighted by Gasteiger charge is 2.32. The van der Waals surface area contributed by atoms with Crippen molar-refractivity contribution in [2.24, 2.45) is 0 Å². The minimum atomic E-state index is -4.09. The molecule has 0 bridgehead atoms. The molecule has 2 aromatic rings. The molecule has 1 aliphatic heterocycles. The fourth-order valence-electron chi connectivity index (χ4n) is 4.19. The van der Waals surface area contributed by atoms with Crippen molar-refractivity contribution in [2.45, 2.75) is 56.5 Å². The van der Waals surface area contributed by atoms with Gasteiger partial charge in [0.2, 0.25) is 0 Å². The van der Waals surface area contributed by atoms with Crippen LogP contribution in [0.4, 0.5) is 17.6 Å². The van der Waals surface area contributed by atoms with Gasteiger partial charge < -0.3 is 4.90 Å². The fourth-order valence-corrected chi connectivity index (χ4v) is 4.19. The first-order chi connectivity index (χ1) is 13.4. The van der Waals surface area contributed by atoms with Gasteiger partial charge in [-0.3, -0.25) is 0 Å². The van der Waals surface area contributed by atoms with Crippen molar-refractivity contribution in [3.8, 4) is 5.69 Å². The molecular formula is C21H25F4N3. The van der Waals surface area contributed by atoms with Crippen LogP contribution in [-0.4, -0.2) is 40.5 Å². The first-order valence-corrected chi connectivity index (χ1v) is 10.0. The van der Waals surface area contributed by atoms with Gasteiger partial charge in [0.15, 0.2) is 0 Å². The Bertz CT molecular complexity index is 785. The van der Waals surface area contributed by atoms with Gasteiger partial charge >= 0.3 is 6.18 Å². The van der Waals surface area contributed by atoms with Crippen molar-refractivity contribution < 1.29 is 17.6 Å². The van der Waals surface area contributed by atoms with E-state index in [1.807, 2.05) is 9.58 Å². The summed E-state index contributed by atoms with van der Waals surface area (Å²) in [6, 6.07) is 6.30. The largest absolute Gasteiger partial charge is 0.390 e. The van der Waals surface area contributed by atoms with Gasteiger partial charge in [0.05, 0.1) is 17.8 Å². The molecule has 0 atom stereocenters. The van der Waals surface area contributed by atoms with E-state index in [1.165, 1.54) is 24.1 Å². The Labute approximate surface area is 162 Å². The summed E-state index contributed by atoms with van der Waals surface area (Å²) in [4.78, 5) is 1.91. The molecule has 4 rings (SSSR count). The minimum absolute atomic E-state index is 0.0839. The summed E-state index contributed by atoms with van der Waals surface area (Å²) in [6.07, 6.45) is 2.41. The van der Waals surface area contributed by atoms with Crippen molar-refractivity contribution in [1.29, 1.82) is 0 Å². The summed E-state index contributed by atoms with van der Waals surface area (Å²) in [5.74, 6) is 0.522. The van der Waals surface area contributed by atoms with E-state index < -0.39 is 12.6 Å². The number of hydrogen-bond donors (Lipinski definition) is 0. The number of hydrogen-bond acceptors (Lipinski definition) is 2. The maximum absolute atomic E-state index is 13.2. The Balaban J connectivity index is 1.48. The van der Waals surface area contributed by atoms with Crippen molar-refractivity contribution >= 4 is 0 Å². The molecule has 0 amide bonds. The quantitative estimate of drug-likeness (QED) is 0.631. The molecule has 2 heterocycles. The minimum Gasteiger partial charge on any atom is -0.303 e. The molecule has 1 aromatic carbocycles. The van der Waals surface area contributed by atoms with Crippen molar-refractivity contribution in [3.63, 3.8) is 0 Å². The molecule has 0 spiro atoms. The molecule has 0 N–H and O–H groups in total. The third-order valence-corrected chi connectivity index (χ3v) is 6.09. The van der Waals surface area contributed by atoms with Gasteiger partial charge in [0, 0.05) is 18.7 Å². The van der Waals surface area contributed by atoms with Crippen molar-refractivity contribution in [3.05, 3.63) is 47.5 Å². The van der Waals surface area contributed by atoms with Gasteiger partial charge in [-0.2, -0.15) is 18.3 Å². The van der Waals surface area contributed by atoms with Crippen molar-refractivity contribution in [2.75, 3.05) is 19.6 Å². The molecular weight excluding hydrogens is 370 g/mol. The number of aromatic nitrogens is 2. The fraction of sp³-hybridized carbons (Fsp3) is 0.571. The first kappa shape index (κ1) is 19.4. The van der Waals surface area contributed by atoms with Crippen LogP contribution in [0.15, 0.2) is 30.5 Å². The molecule has 7 heteroatoms. The molecule has 152 valence electrons. The Kier molecular flexibility index (Phi) is 5.45. The topological polar surface area (TPSA) is 21.1 Å². The standard InChI is InChI=1S/C21H25F4N3/c22-17-4-6-18(7-5-17)28-14-19(20(26-28)16-2-1-3-16)15-8-11-27(12-9-15)13-10-21(23,24)25/h4-7,14-16H,1-3,8-13H2. The zero-order valence-corrected chi connectivity index (χ0v) is 15.8. The molecule has 1 saturated carbocycles. The summed E-state index contributed by atoms with van der Waals surface area (Å²) >= 11 is 0. The third kappa shape index (κ3) is 4.40. The van der Waals surface area contributed by atoms with Crippen LogP contribution in [0.5, 0.6) is 0 Å². The van der Waals surface area contributed by atoms with Crippen LogP contribution in [0, 0.1) is 5.82 Å². The number of halogens is 4. The number of piperidine rings is 1. The highest BCUT2D eigenvalue weighted by molar-refractivity contribution is 5.36. The van der Waals surface area contributed by atoms with Crippen LogP contribution in [0.2, 0.25) is 0 Å². The van der Waals surface area contributed by atoms with E-state index in [1.54, 1.807) is 12.1 Å². The second-order valence-corrected chi connectivity index (χ2v) is 8.00. The van der Waals surface area contributed by atoms with Gasteiger partial charge in [-0.05, 0) is 74.5 Å². The number of nitrogens with zero attached hydrogens (tertiary/aromatic N) is 3. The lowest BCUT2D eigenvalue weighted by Gasteiger charge is -2.33. The summed E-state index contributed by atoms with van der Waals surface area (Å²) in [7, 11) is 0. The second-order valence-electron chi connectivity index (χ2n) is 8.00. The van der Waals surface area contributed by atoms with Gasteiger partial charge in [-0.1, -0.05) is 6.42 Å². The van der Waals surface area contributed by atoms with Crippen LogP contribution in [0.25, 0.3) is 5.69 Å². The SMILES string of the molecule is Fc1ccc(-n2cc(C3CCN(CCC(F)(F)F)CC3)c(C3CCC3)n2)cc1. The van der Waals surface area contributed by atoms with Crippen molar-refractivity contribution in [1.82, 2.24) is 14.7 Å². The van der Waals surface area contributed by atoms with E-state index in [9.17, 15) is 17.6 Å². The van der Waals surface area contributed by atoms with Crippen LogP contribution in [0.3, 0.4) is 0 Å². The predicted molar refractivity (Wildman–Crippen MR) is 99.2 cm³/mol. The zero-order chi connectivity index (χ0) is 19.7. The predicted octanol–water partition coefficient (Wildman–Crippen LogP) is 5.41. The molecule has 1 aromatic heterocycles. The lowest BCUT2D eigenvalue weighted by Crippen LogP contribution is -2.35. The van der Waals surface area contributed by atoms with Gasteiger partial charge in [0.1, 0.15) is 5.82 Å². The lowest BCUT2D eigenvalue weighted by atomic mass is 9.78. The molecule has 28 heavy (non-hydrogen) atoms. The van der Waals surface area contributed by atoms with Gasteiger partial charge in [-0.25, -0.2) is 9.07 Å². The van der Waals surface area contributed by atoms with Crippen LogP contribution in [-0.2, 0) is 0 Å². The highest BCUT2D eigenvalue weighted by atomic mass is 19.4. The Morgan fingerprint density at radius 1 is 0.964 bits per heavy atom. The molecule has 0 radical (unpaired) electrons. The molecule has 2 aliphatic rings. The smallest absolute Gasteiger partial charge is 0.303 e. The molecule has 1 saturated heterocycles. The third-order valence-electron chi connectivity index (χ3n) is 6.09. The summed E-state index contributed by atoms with van der Waals surface area (Å²) in [5.41, 5.74) is 3.18. The molecule has 0 unspecified atom stereocenters. The maximum Gasteiger partial charge on any atom is 0.390 e. The number of rotatable bonds is 5. The summed E-state index contributed by atoms with van der Waals surface area (Å²) in [5, 5.41) is 4.83. The van der Waals surface area contributed by atoms with Crippen LogP contribution < -0.4 is 0 Å². The van der Waals surface area contributed by atoms with Crippen LogP contribution >= 0.6 is 0 Å². The van der Waals surface area contributed by atoms with E-state index in [4.69, 9.17) is 5.10 Å². The van der Waals surface area contributed by atoms with E-state index in [0.29, 0.717) is 24.9 Å². The second kappa shape index (κ2) is 7.85. The Morgan fingerprint density at radius 3 is 2.21 bits per heavy atom. The summed E-state index contributed by atoms with van der Waals surface area (Å²) in [6.45, 7) is 1.46. The Morgan fingerprint density at radius 2 is 1.64 bits per heavy atom. The van der Waals surface area contributed by atoms with E-state index in [-0.39, 0.29) is 12.4 Å². The average molecular weight is 395 g/mol. The van der Waals surface area contributed by atoms with Gasteiger partial charge in [-0.15, -0.1) is 0 Å². The van der Waals surface area contributed by atoms with E-state index >= 15 is 0 Å². The molecule has 3 nitrogen and oxygen atoms in total. The van der Waals surface area contributed by atoms with Crippen LogP contribution in [0.1, 0.15) is 61.6 Å². The zero-order valence-electron chi connectivity index (χ0n) is 15.8. The number of benzene rings is 1. The average Bonchev–Trinajstić information content (AvgIpc) is 3.03. The van der Waals surface area contributed by atoms with E-state index in [0.717, 1.165) is 37.1 Å². The summed E-state index contributed by atoms with van der Waals surface area (Å²) < 4.78 is 52.5. The number of likely N-dealkylation sites (tertiary alicyclic amines) is 1. The highest BCUT2D eigenvalue weighted by Crippen LogP contribution is 2.41.